The standard InChI is InChI=1S/C18H19ClN2O4/c1-3-7-18(9-13(22)25-4-2)12-6-5-10(19)8-11(12)14-15(18)21-17(24)16(23)20-14/h5-6,8H,3-4,7,9H2,1-2H3,(H,20,23)(H,21,24). The molecule has 1 aliphatic rings. The maximum absolute atomic E-state index is 12.3. The van der Waals surface area contributed by atoms with E-state index >= 15 is 0 Å². The Morgan fingerprint density at radius 1 is 1.20 bits per heavy atom. The molecule has 132 valence electrons. The Morgan fingerprint density at radius 2 is 1.92 bits per heavy atom. The van der Waals surface area contributed by atoms with E-state index in [1.807, 2.05) is 13.0 Å². The zero-order chi connectivity index (χ0) is 18.2. The second-order valence-corrected chi connectivity index (χ2v) is 6.60. The fourth-order valence-corrected chi connectivity index (χ4v) is 3.89. The molecule has 3 rings (SSSR count). The maximum Gasteiger partial charge on any atom is 0.314 e. The summed E-state index contributed by atoms with van der Waals surface area (Å²) in [6, 6.07) is 5.34. The summed E-state index contributed by atoms with van der Waals surface area (Å²) in [7, 11) is 0. The normalized spacial score (nSPS) is 17.9. The third kappa shape index (κ3) is 2.80. The van der Waals surface area contributed by atoms with Gasteiger partial charge in [0.05, 0.1) is 24.4 Å². The monoisotopic (exact) mass is 362 g/mol. The van der Waals surface area contributed by atoms with E-state index in [-0.39, 0.29) is 19.0 Å². The number of ether oxygens (including phenoxy) is 1. The van der Waals surface area contributed by atoms with Gasteiger partial charge in [0.15, 0.2) is 0 Å². The van der Waals surface area contributed by atoms with Crippen molar-refractivity contribution in [3.63, 3.8) is 0 Å². The number of aromatic nitrogens is 2. The van der Waals surface area contributed by atoms with Crippen molar-refractivity contribution in [1.82, 2.24) is 9.97 Å². The van der Waals surface area contributed by atoms with Gasteiger partial charge < -0.3 is 14.7 Å². The van der Waals surface area contributed by atoms with Crippen molar-refractivity contribution in [2.45, 2.75) is 38.5 Å². The van der Waals surface area contributed by atoms with Crippen LogP contribution in [0.2, 0.25) is 5.02 Å². The van der Waals surface area contributed by atoms with Crippen LogP contribution in [0.3, 0.4) is 0 Å². The van der Waals surface area contributed by atoms with Gasteiger partial charge in [-0.2, -0.15) is 0 Å². The Hall–Kier alpha value is -2.34. The van der Waals surface area contributed by atoms with Crippen LogP contribution < -0.4 is 11.1 Å². The molecule has 7 heteroatoms. The number of H-pyrrole nitrogens is 2. The van der Waals surface area contributed by atoms with Crippen LogP contribution in [0.4, 0.5) is 0 Å². The van der Waals surface area contributed by atoms with E-state index < -0.39 is 16.5 Å². The van der Waals surface area contributed by atoms with Crippen LogP contribution in [0, 0.1) is 0 Å². The first-order valence-corrected chi connectivity index (χ1v) is 8.64. The second kappa shape index (κ2) is 6.52. The summed E-state index contributed by atoms with van der Waals surface area (Å²) in [5, 5.41) is 0.514. The molecular formula is C18H19ClN2O4. The summed E-state index contributed by atoms with van der Waals surface area (Å²) in [6.45, 7) is 4.04. The molecule has 0 amide bonds. The van der Waals surface area contributed by atoms with Gasteiger partial charge in [-0.05, 0) is 31.0 Å². The van der Waals surface area contributed by atoms with Gasteiger partial charge in [-0.15, -0.1) is 0 Å². The number of nitrogens with one attached hydrogen (secondary N) is 2. The van der Waals surface area contributed by atoms with Crippen molar-refractivity contribution in [2.24, 2.45) is 0 Å². The number of aromatic amines is 2. The number of carbonyl (C=O) groups excluding carboxylic acids is 1. The lowest BCUT2D eigenvalue weighted by Crippen LogP contribution is -2.36. The van der Waals surface area contributed by atoms with Gasteiger partial charge in [-0.1, -0.05) is 31.0 Å². The Labute approximate surface area is 149 Å². The van der Waals surface area contributed by atoms with Crippen LogP contribution in [-0.2, 0) is 14.9 Å². The summed E-state index contributed by atoms with van der Waals surface area (Å²) in [5.74, 6) is -0.350. The van der Waals surface area contributed by atoms with Crippen LogP contribution >= 0.6 is 11.6 Å². The third-order valence-corrected chi connectivity index (χ3v) is 4.84. The molecule has 1 aromatic carbocycles. The number of rotatable bonds is 5. The van der Waals surface area contributed by atoms with E-state index in [4.69, 9.17) is 16.3 Å². The van der Waals surface area contributed by atoms with E-state index in [9.17, 15) is 14.4 Å². The zero-order valence-electron chi connectivity index (χ0n) is 14.1. The third-order valence-electron chi connectivity index (χ3n) is 4.61. The lowest BCUT2D eigenvalue weighted by Gasteiger charge is -2.30. The molecule has 0 bridgehead atoms. The molecule has 2 N–H and O–H groups in total. The fourth-order valence-electron chi connectivity index (χ4n) is 3.72. The molecule has 0 fully saturated rings. The highest BCUT2D eigenvalue weighted by molar-refractivity contribution is 6.31. The predicted octanol–water partition coefficient (Wildman–Crippen LogP) is 2.74. The molecule has 1 atom stereocenters. The smallest absolute Gasteiger partial charge is 0.314 e. The highest BCUT2D eigenvalue weighted by Gasteiger charge is 2.46. The molecule has 1 aliphatic carbocycles. The van der Waals surface area contributed by atoms with Crippen LogP contribution in [0.5, 0.6) is 0 Å². The van der Waals surface area contributed by atoms with Crippen molar-refractivity contribution >= 4 is 17.6 Å². The molecule has 1 unspecified atom stereocenters. The molecule has 0 saturated carbocycles. The first kappa shape index (κ1) is 17.5. The Kier molecular flexibility index (Phi) is 4.56. The van der Waals surface area contributed by atoms with Crippen LogP contribution in [-0.4, -0.2) is 22.5 Å². The summed E-state index contributed by atoms with van der Waals surface area (Å²) < 4.78 is 5.15. The van der Waals surface area contributed by atoms with Crippen molar-refractivity contribution in [3.8, 4) is 11.3 Å². The number of fused-ring (bicyclic) bond motifs is 3. The Bertz CT molecular complexity index is 947. The zero-order valence-corrected chi connectivity index (χ0v) is 14.8. The van der Waals surface area contributed by atoms with Gasteiger partial charge >= 0.3 is 17.1 Å². The molecular weight excluding hydrogens is 344 g/mol. The first-order chi connectivity index (χ1) is 11.9. The van der Waals surface area contributed by atoms with Crippen molar-refractivity contribution < 1.29 is 9.53 Å². The molecule has 6 nitrogen and oxygen atoms in total. The average molecular weight is 363 g/mol. The van der Waals surface area contributed by atoms with E-state index in [0.717, 1.165) is 17.5 Å². The number of hydrogen-bond acceptors (Lipinski definition) is 4. The van der Waals surface area contributed by atoms with Crippen LogP contribution in [0.1, 0.15) is 44.4 Å². The van der Waals surface area contributed by atoms with Crippen molar-refractivity contribution in [3.05, 3.63) is 55.2 Å². The summed E-state index contributed by atoms with van der Waals surface area (Å²) in [6.07, 6.45) is 1.48. The highest BCUT2D eigenvalue weighted by atomic mass is 35.5. The average Bonchev–Trinajstić information content (AvgIpc) is 2.78. The summed E-state index contributed by atoms with van der Waals surface area (Å²) >= 11 is 6.13. The lowest BCUT2D eigenvalue weighted by atomic mass is 9.74. The number of halogens is 1. The summed E-state index contributed by atoms with van der Waals surface area (Å²) in [5.41, 5.74) is 0.437. The van der Waals surface area contributed by atoms with E-state index in [0.29, 0.717) is 22.8 Å². The first-order valence-electron chi connectivity index (χ1n) is 8.26. The van der Waals surface area contributed by atoms with Gasteiger partial charge in [-0.25, -0.2) is 0 Å². The number of hydrogen-bond donors (Lipinski definition) is 2. The minimum Gasteiger partial charge on any atom is -0.466 e. The topological polar surface area (TPSA) is 92.0 Å². The second-order valence-electron chi connectivity index (χ2n) is 6.16. The molecule has 25 heavy (non-hydrogen) atoms. The van der Waals surface area contributed by atoms with E-state index in [2.05, 4.69) is 9.97 Å². The molecule has 0 aliphatic heterocycles. The molecule has 0 saturated heterocycles. The maximum atomic E-state index is 12.3. The number of esters is 1. The predicted molar refractivity (Wildman–Crippen MR) is 95.1 cm³/mol. The van der Waals surface area contributed by atoms with Crippen LogP contribution in [0.25, 0.3) is 11.3 Å². The fraction of sp³-hybridized carbons (Fsp3) is 0.389. The minimum absolute atomic E-state index is 0.0816. The number of benzene rings is 1. The molecule has 2 aromatic rings. The van der Waals surface area contributed by atoms with E-state index in [1.165, 1.54) is 0 Å². The van der Waals surface area contributed by atoms with Crippen molar-refractivity contribution in [1.29, 1.82) is 0 Å². The SMILES string of the molecule is CCCC1(CC(=O)OCC)c2ccc(Cl)cc2-c2[nH]c(=O)c(=O)[nH]c21. The quantitative estimate of drug-likeness (QED) is 0.632. The van der Waals surface area contributed by atoms with Gasteiger partial charge in [0.2, 0.25) is 0 Å². The molecule has 1 aromatic heterocycles. The number of carbonyl (C=O) groups is 1. The Morgan fingerprint density at radius 3 is 2.60 bits per heavy atom. The molecule has 0 spiro atoms. The Balaban J connectivity index is 2.31. The largest absolute Gasteiger partial charge is 0.466 e. The summed E-state index contributed by atoms with van der Waals surface area (Å²) in [4.78, 5) is 41.5. The highest BCUT2D eigenvalue weighted by Crippen LogP contribution is 2.51. The molecule has 1 heterocycles. The molecule has 0 radical (unpaired) electrons. The van der Waals surface area contributed by atoms with Gasteiger partial charge in [0.1, 0.15) is 0 Å². The van der Waals surface area contributed by atoms with Gasteiger partial charge in [-0.3, -0.25) is 14.4 Å². The van der Waals surface area contributed by atoms with Gasteiger partial charge in [0, 0.05) is 16.0 Å². The van der Waals surface area contributed by atoms with Gasteiger partial charge in [0.25, 0.3) is 0 Å². The van der Waals surface area contributed by atoms with E-state index in [1.54, 1.807) is 19.1 Å². The van der Waals surface area contributed by atoms with Crippen LogP contribution in [0.15, 0.2) is 27.8 Å². The lowest BCUT2D eigenvalue weighted by molar-refractivity contribution is -0.144. The minimum atomic E-state index is -0.750. The van der Waals surface area contributed by atoms with Crippen molar-refractivity contribution in [2.75, 3.05) is 6.61 Å².